The van der Waals surface area contributed by atoms with Crippen LogP contribution in [-0.4, -0.2) is 61.0 Å². The lowest BCUT2D eigenvalue weighted by atomic mass is 10.0. The Kier molecular flexibility index (Phi) is 4.63. The number of carbonyl (C=O) groups is 1. The predicted octanol–water partition coefficient (Wildman–Crippen LogP) is 1.60. The van der Waals surface area contributed by atoms with Gasteiger partial charge in [-0.05, 0) is 23.8 Å². The molecule has 2 heterocycles. The average molecular weight is 316 g/mol. The molecule has 0 aromatic rings. The molecule has 1 aliphatic carbocycles. The number of halogens is 1. The summed E-state index contributed by atoms with van der Waals surface area (Å²) >= 11 is 0. The van der Waals surface area contributed by atoms with Crippen LogP contribution >= 0.6 is 12.4 Å². The lowest BCUT2D eigenvalue weighted by molar-refractivity contribution is -0.135. The fourth-order valence-corrected chi connectivity index (χ4v) is 4.25. The number of nitrogens with one attached hydrogen (secondary N) is 1. The first-order valence-electron chi connectivity index (χ1n) is 8.09. The minimum Gasteiger partial charge on any atom is -0.340 e. The van der Waals surface area contributed by atoms with Crippen molar-refractivity contribution in [1.29, 1.82) is 0 Å². The molecule has 1 unspecified atom stereocenters. The molecule has 3 rings (SSSR count). The molecule has 1 atom stereocenters. The lowest BCUT2D eigenvalue weighted by Gasteiger charge is -2.38. The minimum atomic E-state index is 0. The van der Waals surface area contributed by atoms with E-state index in [4.69, 9.17) is 0 Å². The van der Waals surface area contributed by atoms with Gasteiger partial charge in [0.2, 0.25) is 5.91 Å². The molecular formula is C16H30ClN3O. The zero-order valence-electron chi connectivity index (χ0n) is 13.8. The summed E-state index contributed by atoms with van der Waals surface area (Å²) in [5, 5.41) is 3.43. The maximum Gasteiger partial charge on any atom is 0.226 e. The van der Waals surface area contributed by atoms with Gasteiger partial charge in [0.25, 0.3) is 0 Å². The molecule has 1 amide bonds. The summed E-state index contributed by atoms with van der Waals surface area (Å²) in [6.07, 6.45) is 1.26. The average Bonchev–Trinajstić information content (AvgIpc) is 2.82. The van der Waals surface area contributed by atoms with Crippen molar-refractivity contribution in [2.45, 2.75) is 40.2 Å². The van der Waals surface area contributed by atoms with Crippen molar-refractivity contribution in [3.05, 3.63) is 0 Å². The normalized spacial score (nSPS) is 31.8. The first kappa shape index (κ1) is 17.0. The predicted molar refractivity (Wildman–Crippen MR) is 87.7 cm³/mol. The fraction of sp³-hybridized carbons (Fsp3) is 0.938. The maximum atomic E-state index is 12.7. The summed E-state index contributed by atoms with van der Waals surface area (Å²) in [6, 6.07) is 0.695. The SMILES string of the molecule is CC1(C)C(C(=O)N2CCN(C3CCNC3)CC2)C1(C)C.Cl. The standard InChI is InChI=1S/C16H29N3O.ClH/c1-15(2)13(16(15,3)4)14(20)19-9-7-18(8-10-19)12-5-6-17-11-12;/h12-13,17H,5-11H2,1-4H3;1H. The molecule has 21 heavy (non-hydrogen) atoms. The highest BCUT2D eigenvalue weighted by Crippen LogP contribution is 2.68. The van der Waals surface area contributed by atoms with Crippen molar-refractivity contribution in [3.8, 4) is 0 Å². The number of amides is 1. The summed E-state index contributed by atoms with van der Waals surface area (Å²) in [7, 11) is 0. The molecule has 0 aromatic carbocycles. The number of nitrogens with zero attached hydrogens (tertiary/aromatic N) is 2. The van der Waals surface area contributed by atoms with Crippen LogP contribution in [0.4, 0.5) is 0 Å². The topological polar surface area (TPSA) is 35.6 Å². The Labute approximate surface area is 135 Å². The van der Waals surface area contributed by atoms with E-state index in [0.717, 1.165) is 39.3 Å². The van der Waals surface area contributed by atoms with E-state index in [1.807, 2.05) is 0 Å². The van der Waals surface area contributed by atoms with Crippen molar-refractivity contribution in [1.82, 2.24) is 15.1 Å². The first-order valence-corrected chi connectivity index (χ1v) is 8.09. The molecule has 3 fully saturated rings. The van der Waals surface area contributed by atoms with E-state index in [0.29, 0.717) is 11.9 Å². The summed E-state index contributed by atoms with van der Waals surface area (Å²) in [6.45, 7) is 15.1. The van der Waals surface area contributed by atoms with Crippen LogP contribution in [0.2, 0.25) is 0 Å². The van der Waals surface area contributed by atoms with Gasteiger partial charge in [-0.25, -0.2) is 0 Å². The van der Waals surface area contributed by atoms with Gasteiger partial charge in [0.15, 0.2) is 0 Å². The van der Waals surface area contributed by atoms with Crippen LogP contribution < -0.4 is 5.32 Å². The van der Waals surface area contributed by atoms with Crippen LogP contribution in [0.15, 0.2) is 0 Å². The fourth-order valence-electron chi connectivity index (χ4n) is 4.25. The van der Waals surface area contributed by atoms with E-state index in [2.05, 4.69) is 42.8 Å². The third-order valence-electron chi connectivity index (χ3n) is 6.44. The van der Waals surface area contributed by atoms with Crippen LogP contribution in [-0.2, 0) is 4.79 Å². The van der Waals surface area contributed by atoms with E-state index in [1.54, 1.807) is 0 Å². The highest BCUT2D eigenvalue weighted by atomic mass is 35.5. The molecule has 0 spiro atoms. The summed E-state index contributed by atoms with van der Waals surface area (Å²) in [4.78, 5) is 17.4. The van der Waals surface area contributed by atoms with Gasteiger partial charge in [-0.3, -0.25) is 9.69 Å². The number of hydrogen-bond donors (Lipinski definition) is 1. The summed E-state index contributed by atoms with van der Waals surface area (Å²) in [5.41, 5.74) is 0.327. The van der Waals surface area contributed by atoms with Crippen molar-refractivity contribution in [2.24, 2.45) is 16.7 Å². The van der Waals surface area contributed by atoms with Crippen molar-refractivity contribution >= 4 is 18.3 Å². The molecule has 3 aliphatic rings. The van der Waals surface area contributed by atoms with E-state index < -0.39 is 0 Å². The molecule has 1 N–H and O–H groups in total. The third kappa shape index (κ3) is 2.71. The number of rotatable bonds is 2. The number of hydrogen-bond acceptors (Lipinski definition) is 3. The Bertz CT molecular complexity index is 382. The Morgan fingerprint density at radius 3 is 2.05 bits per heavy atom. The van der Waals surface area contributed by atoms with Crippen molar-refractivity contribution < 1.29 is 4.79 Å². The van der Waals surface area contributed by atoms with Gasteiger partial charge in [0, 0.05) is 44.7 Å². The van der Waals surface area contributed by atoms with Gasteiger partial charge in [-0.15, -0.1) is 12.4 Å². The molecule has 1 saturated carbocycles. The molecule has 4 nitrogen and oxygen atoms in total. The van der Waals surface area contributed by atoms with Gasteiger partial charge in [-0.2, -0.15) is 0 Å². The Balaban J connectivity index is 0.00000161. The van der Waals surface area contributed by atoms with Crippen molar-refractivity contribution in [3.63, 3.8) is 0 Å². The molecule has 5 heteroatoms. The zero-order chi connectivity index (χ0) is 14.5. The maximum absolute atomic E-state index is 12.7. The number of carbonyl (C=O) groups excluding carboxylic acids is 1. The first-order chi connectivity index (χ1) is 9.35. The highest BCUT2D eigenvalue weighted by Gasteiger charge is 2.68. The quantitative estimate of drug-likeness (QED) is 0.841. The molecule has 0 aromatic heterocycles. The van der Waals surface area contributed by atoms with Gasteiger partial charge >= 0.3 is 0 Å². The van der Waals surface area contributed by atoms with Gasteiger partial charge in [0.05, 0.1) is 0 Å². The van der Waals surface area contributed by atoms with E-state index in [9.17, 15) is 4.79 Å². The van der Waals surface area contributed by atoms with Crippen LogP contribution in [0.1, 0.15) is 34.1 Å². The Morgan fingerprint density at radius 2 is 1.62 bits per heavy atom. The molecule has 0 bridgehead atoms. The zero-order valence-corrected chi connectivity index (χ0v) is 14.6. The second-order valence-electron chi connectivity index (χ2n) is 7.88. The van der Waals surface area contributed by atoms with E-state index in [-0.39, 0.29) is 29.2 Å². The molecule has 0 radical (unpaired) electrons. The molecule has 2 aliphatic heterocycles. The summed E-state index contributed by atoms with van der Waals surface area (Å²) in [5.74, 6) is 0.610. The third-order valence-corrected chi connectivity index (χ3v) is 6.44. The smallest absolute Gasteiger partial charge is 0.226 e. The van der Waals surface area contributed by atoms with Crippen LogP contribution in [0.5, 0.6) is 0 Å². The molecule has 122 valence electrons. The Morgan fingerprint density at radius 1 is 1.05 bits per heavy atom. The van der Waals surface area contributed by atoms with Crippen molar-refractivity contribution in [2.75, 3.05) is 39.3 Å². The minimum absolute atomic E-state index is 0. The molecular weight excluding hydrogens is 286 g/mol. The van der Waals surface area contributed by atoms with Crippen LogP contribution in [0.3, 0.4) is 0 Å². The highest BCUT2D eigenvalue weighted by molar-refractivity contribution is 5.85. The summed E-state index contributed by atoms with van der Waals surface area (Å²) < 4.78 is 0. The van der Waals surface area contributed by atoms with Gasteiger partial charge < -0.3 is 10.2 Å². The second-order valence-corrected chi connectivity index (χ2v) is 7.88. The monoisotopic (exact) mass is 315 g/mol. The van der Waals surface area contributed by atoms with E-state index >= 15 is 0 Å². The lowest BCUT2D eigenvalue weighted by Crippen LogP contribution is -2.53. The van der Waals surface area contributed by atoms with Gasteiger partial charge in [0.1, 0.15) is 0 Å². The number of piperazine rings is 1. The molecule has 2 saturated heterocycles. The van der Waals surface area contributed by atoms with Crippen LogP contribution in [0.25, 0.3) is 0 Å². The van der Waals surface area contributed by atoms with Gasteiger partial charge in [-0.1, -0.05) is 27.7 Å². The second kappa shape index (κ2) is 5.71. The van der Waals surface area contributed by atoms with Crippen LogP contribution in [0, 0.1) is 16.7 Å². The van der Waals surface area contributed by atoms with E-state index in [1.165, 1.54) is 6.42 Å². The Hall–Kier alpha value is -0.320. The largest absolute Gasteiger partial charge is 0.340 e.